The molecular weight excluding hydrogens is 464 g/mol. The first kappa shape index (κ1) is 27.4. The molecule has 0 radical (unpaired) electrons. The number of rotatable bonds is 8. The topological polar surface area (TPSA) is 119 Å². The van der Waals surface area contributed by atoms with E-state index in [4.69, 9.17) is 4.74 Å². The number of benzene rings is 1. The molecule has 0 aliphatic carbocycles. The molecule has 2 N–H and O–H groups in total. The quantitative estimate of drug-likeness (QED) is 0.524. The minimum Gasteiger partial charge on any atom is -0.497 e. The van der Waals surface area contributed by atoms with E-state index in [1.807, 2.05) is 0 Å². The second kappa shape index (κ2) is 12.7. The van der Waals surface area contributed by atoms with Gasteiger partial charge in [-0.2, -0.15) is 0 Å². The van der Waals surface area contributed by atoms with E-state index in [1.165, 1.54) is 21.0 Å². The summed E-state index contributed by atoms with van der Waals surface area (Å²) < 4.78 is 5.17. The van der Waals surface area contributed by atoms with Gasteiger partial charge in [0.2, 0.25) is 17.7 Å². The SMILES string of the molecule is COc1ccc(N(C(C)=O)N(C(=O)[C@@H]2CCCN(C(=O)CCC3CCNCC3)C2)[C@H](C)C(=O)O)cc1. The lowest BCUT2D eigenvalue weighted by molar-refractivity contribution is -0.155. The van der Waals surface area contributed by atoms with Crippen LogP contribution in [0.4, 0.5) is 5.69 Å². The molecule has 3 rings (SSSR count). The molecule has 2 saturated heterocycles. The maximum atomic E-state index is 13.8. The largest absolute Gasteiger partial charge is 0.497 e. The molecule has 2 atom stereocenters. The van der Waals surface area contributed by atoms with Crippen LogP contribution in [0.1, 0.15) is 52.4 Å². The molecule has 1 aromatic carbocycles. The maximum absolute atomic E-state index is 13.8. The van der Waals surface area contributed by atoms with Crippen LogP contribution in [0, 0.1) is 11.8 Å². The van der Waals surface area contributed by atoms with Gasteiger partial charge < -0.3 is 20.1 Å². The van der Waals surface area contributed by atoms with E-state index in [0.717, 1.165) is 42.4 Å². The van der Waals surface area contributed by atoms with Crippen molar-refractivity contribution in [3.8, 4) is 5.75 Å². The van der Waals surface area contributed by atoms with E-state index in [9.17, 15) is 24.3 Å². The smallest absolute Gasteiger partial charge is 0.328 e. The third-order valence-corrected chi connectivity index (χ3v) is 7.13. The Morgan fingerprint density at radius 1 is 1.14 bits per heavy atom. The first-order valence-corrected chi connectivity index (χ1v) is 12.7. The molecule has 1 aromatic rings. The average molecular weight is 503 g/mol. The van der Waals surface area contributed by atoms with Gasteiger partial charge in [-0.3, -0.25) is 14.4 Å². The van der Waals surface area contributed by atoms with Crippen LogP contribution in [0.25, 0.3) is 0 Å². The van der Waals surface area contributed by atoms with Crippen molar-refractivity contribution in [3.05, 3.63) is 24.3 Å². The molecule has 198 valence electrons. The van der Waals surface area contributed by atoms with Crippen molar-refractivity contribution in [2.75, 3.05) is 38.3 Å². The molecule has 0 unspecified atom stereocenters. The van der Waals surface area contributed by atoms with E-state index < -0.39 is 29.7 Å². The van der Waals surface area contributed by atoms with Crippen LogP contribution in [0.5, 0.6) is 5.75 Å². The van der Waals surface area contributed by atoms with Gasteiger partial charge in [-0.1, -0.05) is 0 Å². The van der Waals surface area contributed by atoms with Gasteiger partial charge in [-0.05, 0) is 82.3 Å². The molecule has 2 aliphatic heterocycles. The van der Waals surface area contributed by atoms with Crippen LogP contribution in [0.15, 0.2) is 24.3 Å². The van der Waals surface area contributed by atoms with Crippen LogP contribution in [-0.4, -0.2) is 78.0 Å². The Labute approximate surface area is 212 Å². The second-order valence-corrected chi connectivity index (χ2v) is 9.64. The molecule has 10 heteroatoms. The number of amides is 3. The van der Waals surface area contributed by atoms with Gasteiger partial charge in [0, 0.05) is 26.4 Å². The van der Waals surface area contributed by atoms with E-state index in [2.05, 4.69) is 5.32 Å². The number of carbonyl (C=O) groups excluding carboxylic acids is 3. The van der Waals surface area contributed by atoms with Gasteiger partial charge in [0.1, 0.15) is 11.8 Å². The fraction of sp³-hybridized carbons (Fsp3) is 0.615. The number of hydrazine groups is 1. The predicted octanol–water partition coefficient (Wildman–Crippen LogP) is 2.28. The highest BCUT2D eigenvalue weighted by atomic mass is 16.5. The Morgan fingerprint density at radius 3 is 2.39 bits per heavy atom. The molecule has 0 spiro atoms. The zero-order chi connectivity index (χ0) is 26.2. The summed E-state index contributed by atoms with van der Waals surface area (Å²) in [7, 11) is 1.52. The number of anilines is 1. The van der Waals surface area contributed by atoms with Crippen molar-refractivity contribution in [1.29, 1.82) is 0 Å². The number of carboxylic acids is 1. The molecule has 0 saturated carbocycles. The zero-order valence-electron chi connectivity index (χ0n) is 21.4. The first-order chi connectivity index (χ1) is 17.2. The summed E-state index contributed by atoms with van der Waals surface area (Å²) in [5, 5.41) is 15.2. The van der Waals surface area contributed by atoms with Crippen molar-refractivity contribution in [2.24, 2.45) is 11.8 Å². The highest BCUT2D eigenvalue weighted by molar-refractivity contribution is 5.97. The van der Waals surface area contributed by atoms with E-state index in [0.29, 0.717) is 43.2 Å². The van der Waals surface area contributed by atoms with Crippen LogP contribution >= 0.6 is 0 Å². The number of methoxy groups -OCH3 is 1. The number of nitrogens with one attached hydrogen (secondary N) is 1. The average Bonchev–Trinajstić information content (AvgIpc) is 2.90. The van der Waals surface area contributed by atoms with Gasteiger partial charge in [0.05, 0.1) is 18.7 Å². The highest BCUT2D eigenvalue weighted by Gasteiger charge is 2.39. The molecule has 2 heterocycles. The third-order valence-electron chi connectivity index (χ3n) is 7.13. The first-order valence-electron chi connectivity index (χ1n) is 12.7. The molecular formula is C26H38N4O6. The van der Waals surface area contributed by atoms with E-state index in [-0.39, 0.29) is 12.5 Å². The lowest BCUT2D eigenvalue weighted by Crippen LogP contribution is -2.59. The summed E-state index contributed by atoms with van der Waals surface area (Å²) in [5.74, 6) is -1.66. The normalized spacial score (nSPS) is 19.3. The van der Waals surface area contributed by atoms with Crippen molar-refractivity contribution in [3.63, 3.8) is 0 Å². The molecule has 0 bridgehead atoms. The summed E-state index contributed by atoms with van der Waals surface area (Å²) in [5.41, 5.74) is 0.357. The number of hydrogen-bond donors (Lipinski definition) is 2. The number of nitrogens with zero attached hydrogens (tertiary/aromatic N) is 3. The summed E-state index contributed by atoms with van der Waals surface area (Å²) in [4.78, 5) is 53.1. The number of hydrogen-bond acceptors (Lipinski definition) is 6. The van der Waals surface area contributed by atoms with Crippen LogP contribution in [-0.2, 0) is 19.2 Å². The third kappa shape index (κ3) is 6.75. The van der Waals surface area contributed by atoms with Gasteiger partial charge >= 0.3 is 5.97 Å². The summed E-state index contributed by atoms with van der Waals surface area (Å²) in [6.07, 6.45) is 4.60. The monoisotopic (exact) mass is 502 g/mol. The van der Waals surface area contributed by atoms with Gasteiger partial charge in [0.25, 0.3) is 0 Å². The van der Waals surface area contributed by atoms with Crippen molar-refractivity contribution in [1.82, 2.24) is 15.2 Å². The minimum absolute atomic E-state index is 0.0300. The molecule has 3 amide bonds. The minimum atomic E-state index is -1.28. The zero-order valence-corrected chi connectivity index (χ0v) is 21.4. The van der Waals surface area contributed by atoms with Gasteiger partial charge in [0.15, 0.2) is 0 Å². The standard InChI is InChI=1S/C26H38N4O6/c1-18(26(34)35)29(30(19(2)31)22-7-9-23(36-3)10-8-22)25(33)21-5-4-16-28(17-21)24(32)11-6-20-12-14-27-15-13-20/h7-10,18,20-21,27H,4-6,11-17H2,1-3H3,(H,34,35)/t18-,21-/m1/s1. The number of piperidine rings is 2. The second-order valence-electron chi connectivity index (χ2n) is 9.64. The van der Waals surface area contributed by atoms with Crippen molar-refractivity contribution < 1.29 is 29.0 Å². The lowest BCUT2D eigenvalue weighted by Gasteiger charge is -2.41. The van der Waals surface area contributed by atoms with Crippen molar-refractivity contribution in [2.45, 2.75) is 58.4 Å². The fourth-order valence-electron chi connectivity index (χ4n) is 5.00. The molecule has 2 aliphatic rings. The number of carbonyl (C=O) groups is 4. The Kier molecular flexibility index (Phi) is 9.69. The molecule has 10 nitrogen and oxygen atoms in total. The summed E-state index contributed by atoms with van der Waals surface area (Å²) in [6, 6.07) is 5.21. The van der Waals surface area contributed by atoms with Gasteiger partial charge in [-0.15, -0.1) is 0 Å². The fourth-order valence-corrected chi connectivity index (χ4v) is 5.00. The lowest BCUT2D eigenvalue weighted by atomic mass is 9.92. The van der Waals surface area contributed by atoms with Gasteiger partial charge in [-0.25, -0.2) is 14.8 Å². The molecule has 36 heavy (non-hydrogen) atoms. The Morgan fingerprint density at radius 2 is 1.81 bits per heavy atom. The number of carboxylic acid groups (broad SMARTS) is 1. The summed E-state index contributed by atoms with van der Waals surface area (Å²) in [6.45, 7) is 5.44. The number of aliphatic carboxylic acids is 1. The Bertz CT molecular complexity index is 931. The van der Waals surface area contributed by atoms with Crippen LogP contribution in [0.2, 0.25) is 0 Å². The Hall–Kier alpha value is -3.14. The molecule has 0 aromatic heterocycles. The van der Waals surface area contributed by atoms with Crippen LogP contribution < -0.4 is 15.1 Å². The summed E-state index contributed by atoms with van der Waals surface area (Å²) >= 11 is 0. The number of ether oxygens (including phenoxy) is 1. The predicted molar refractivity (Wildman–Crippen MR) is 134 cm³/mol. The van der Waals surface area contributed by atoms with Crippen LogP contribution in [0.3, 0.4) is 0 Å². The van der Waals surface area contributed by atoms with E-state index in [1.54, 1.807) is 29.2 Å². The Balaban J connectivity index is 1.76. The molecule has 2 fully saturated rings. The maximum Gasteiger partial charge on any atom is 0.328 e. The highest BCUT2D eigenvalue weighted by Crippen LogP contribution is 2.27. The van der Waals surface area contributed by atoms with E-state index >= 15 is 0 Å². The van der Waals surface area contributed by atoms with Crippen molar-refractivity contribution >= 4 is 29.4 Å². The number of likely N-dealkylation sites (tertiary alicyclic amines) is 1.